The zero-order valence-corrected chi connectivity index (χ0v) is 43.6. The first-order chi connectivity index (χ1) is 36.0. The smallest absolute Gasteiger partial charge is 0.0955 e. The fourth-order valence-corrected chi connectivity index (χ4v) is 11.8. The maximum atomic E-state index is 7.21. The molecule has 8 bridgehead atoms. The highest BCUT2D eigenvalue weighted by atomic mass is 16.6. The molecule has 10 heteroatoms. The Morgan fingerprint density at radius 3 is 1.23 bits per heavy atom. The number of H-pyrrole nitrogens is 2. The molecule has 10 atom stereocenters. The van der Waals surface area contributed by atoms with Gasteiger partial charge in [-0.05, 0) is 97.5 Å². The van der Waals surface area contributed by atoms with Crippen molar-refractivity contribution in [3.05, 3.63) is 214 Å². The predicted molar refractivity (Wildman–Crippen MR) is 291 cm³/mol. The van der Waals surface area contributed by atoms with Gasteiger partial charge in [0.05, 0.1) is 86.6 Å². The van der Waals surface area contributed by atoms with Gasteiger partial charge in [-0.25, -0.2) is 0 Å². The highest BCUT2D eigenvalue weighted by Gasteiger charge is 2.52. The van der Waals surface area contributed by atoms with Crippen LogP contribution in [-0.4, -0.2) is 68.8 Å². The number of hydrogen-bond acceptors (Lipinski definition) is 8. The van der Waals surface area contributed by atoms with E-state index >= 15 is 0 Å². The number of nitrogens with one attached hydrogen (secondary N) is 2. The van der Waals surface area contributed by atoms with Crippen LogP contribution in [0.15, 0.2) is 158 Å². The van der Waals surface area contributed by atoms with Crippen LogP contribution in [0.1, 0.15) is 96.7 Å². The van der Waals surface area contributed by atoms with Crippen molar-refractivity contribution in [2.24, 2.45) is 0 Å². The Morgan fingerprint density at radius 1 is 0.459 bits per heavy atom. The second kappa shape index (κ2) is 21.5. The summed E-state index contributed by atoms with van der Waals surface area (Å²) in [5.41, 5.74) is 13.5. The minimum absolute atomic E-state index is 0.151. The van der Waals surface area contributed by atoms with E-state index in [0.717, 1.165) is 78.2 Å². The summed E-state index contributed by atoms with van der Waals surface area (Å²) in [4.78, 5) is 18.6. The van der Waals surface area contributed by atoms with E-state index in [2.05, 4.69) is 185 Å². The van der Waals surface area contributed by atoms with Gasteiger partial charge in [-0.3, -0.25) is 9.97 Å². The third kappa shape index (κ3) is 10.8. The van der Waals surface area contributed by atoms with Gasteiger partial charge in [-0.1, -0.05) is 135 Å². The van der Waals surface area contributed by atoms with Crippen molar-refractivity contribution in [1.29, 1.82) is 0 Å². The van der Waals surface area contributed by atoms with Crippen LogP contribution in [0.4, 0.5) is 0 Å². The molecule has 3 aromatic heterocycles. The van der Waals surface area contributed by atoms with E-state index in [1.807, 2.05) is 24.3 Å². The first-order valence-electron chi connectivity index (χ1n) is 26.6. The zero-order valence-electron chi connectivity index (χ0n) is 43.6. The molecule has 0 unspecified atom stereocenters. The van der Waals surface area contributed by atoms with Gasteiger partial charge in [0.15, 0.2) is 0 Å². The van der Waals surface area contributed by atoms with Crippen LogP contribution in [0.2, 0.25) is 0 Å². The van der Waals surface area contributed by atoms with E-state index < -0.39 is 10.8 Å². The molecule has 11 rings (SSSR count). The monoisotopic (exact) mass is 991 g/mol. The third-order valence-electron chi connectivity index (χ3n) is 16.0. The van der Waals surface area contributed by atoms with Crippen LogP contribution in [0, 0.1) is 13.8 Å². The lowest BCUT2D eigenvalue weighted by Gasteiger charge is -2.46. The quantitative estimate of drug-likeness (QED) is 0.111. The van der Waals surface area contributed by atoms with Crippen molar-refractivity contribution < 1.29 is 28.4 Å². The molecule has 7 aromatic rings. The standard InChI is InChI=1S/C64H70N4O6/c1-41-28-50-31-59-63(5,61-57(71-39-47-23-15-9-16-24-47)33-55(43(3)73-61)69-37-45-19-11-7-12-20-45)35-51(67-59)29-49-27-42(2)54(65-49)32-60-64(6,36-52(68-60)30-53(41)66-50)62-58(72-40-48-25-17-10-18-26-48)34-56(44(4)74-62)70-38-46-21-13-8-14-22-46/h7-32,43-44,55-58,61-62,65-66H,33-40H2,1-6H3/t43-,44-,55-,56-,57-,58-,61-,62-,63+,64+/m1/s1. The minimum atomic E-state index is -0.542. The molecule has 74 heavy (non-hydrogen) atoms. The average Bonchev–Trinajstić information content (AvgIpc) is 4.14. The van der Waals surface area contributed by atoms with Crippen LogP contribution in [0.5, 0.6) is 0 Å². The highest BCUT2D eigenvalue weighted by Crippen LogP contribution is 2.45. The van der Waals surface area contributed by atoms with E-state index in [4.69, 9.17) is 38.4 Å². The van der Waals surface area contributed by atoms with Crippen LogP contribution in [0.25, 0.3) is 22.1 Å². The summed E-state index contributed by atoms with van der Waals surface area (Å²) in [6, 6.07) is 54.8. The number of aryl methyl sites for hydroxylation is 2. The fourth-order valence-electron chi connectivity index (χ4n) is 11.8. The second-order valence-electron chi connectivity index (χ2n) is 21.7. The van der Waals surface area contributed by atoms with Crippen LogP contribution in [0.3, 0.4) is 0 Å². The number of nitrogens with zero attached hydrogens (tertiary/aromatic N) is 2. The Morgan fingerprint density at radius 2 is 0.811 bits per heavy atom. The predicted octanol–water partition coefficient (Wildman–Crippen LogP) is 12.6. The summed E-state index contributed by atoms with van der Waals surface area (Å²) in [5, 5.41) is 0. The summed E-state index contributed by atoms with van der Waals surface area (Å²) in [7, 11) is 0. The molecule has 0 spiro atoms. The Balaban J connectivity index is 0.949. The van der Waals surface area contributed by atoms with Crippen molar-refractivity contribution in [1.82, 2.24) is 19.9 Å². The van der Waals surface area contributed by atoms with Crippen LogP contribution in [-0.2, 0) is 78.5 Å². The van der Waals surface area contributed by atoms with Gasteiger partial charge >= 0.3 is 0 Å². The summed E-state index contributed by atoms with van der Waals surface area (Å²) >= 11 is 0. The average molecular weight is 991 g/mol. The molecule has 2 N–H and O–H groups in total. The van der Waals surface area contributed by atoms with Crippen molar-refractivity contribution in [2.75, 3.05) is 0 Å². The molecule has 0 saturated carbocycles. The number of hydrogen-bond donors (Lipinski definition) is 2. The first-order valence-corrected chi connectivity index (χ1v) is 26.6. The Bertz CT molecular complexity index is 3180. The molecule has 382 valence electrons. The lowest BCUT2D eigenvalue weighted by Crippen LogP contribution is -2.56. The number of benzene rings is 4. The molecule has 2 saturated heterocycles. The van der Waals surface area contributed by atoms with Gasteiger partial charge in [-0.2, -0.15) is 0 Å². The maximum absolute atomic E-state index is 7.21. The molecule has 4 aliphatic heterocycles. The molecule has 0 aliphatic carbocycles. The molecule has 4 aromatic carbocycles. The SMILES string of the molecule is Cc1cc2cc3nc(cc4cc(C)c(cc5nc(cc1[nH]2)C[C@]5(C)[C@@H]1O[C@H](C)[C@H](OCc2ccccc2)C[C@H]1OCc1ccccc1)[nH]4)C[C@]3(C)[C@@H]1O[C@H](C)[C@H](OCc2ccccc2)C[C@H]1OCc1ccccc1. The van der Waals surface area contributed by atoms with Crippen LogP contribution >= 0.6 is 0 Å². The summed E-state index contributed by atoms with van der Waals surface area (Å²) in [6.07, 6.45) is 0.894. The largest absolute Gasteiger partial charge is 0.371 e. The molecule has 0 radical (unpaired) electrons. The lowest BCUT2D eigenvalue weighted by atomic mass is 9.74. The Hall–Kier alpha value is -6.24. The van der Waals surface area contributed by atoms with Gasteiger partial charge in [0, 0.05) is 70.0 Å². The summed E-state index contributed by atoms with van der Waals surface area (Å²) in [6.45, 7) is 15.2. The maximum Gasteiger partial charge on any atom is 0.0955 e. The van der Waals surface area contributed by atoms with E-state index in [-0.39, 0.29) is 48.8 Å². The molecule has 4 aliphatic rings. The number of rotatable bonds is 14. The van der Waals surface area contributed by atoms with Crippen LogP contribution < -0.4 is 0 Å². The molecule has 2 fully saturated rings. The van der Waals surface area contributed by atoms with Crippen molar-refractivity contribution >= 4 is 22.1 Å². The fraction of sp³-hybridized carbons (Fsp3) is 0.375. The van der Waals surface area contributed by atoms with Gasteiger partial charge in [0.2, 0.25) is 0 Å². The minimum Gasteiger partial charge on any atom is -0.371 e. The second-order valence-corrected chi connectivity index (χ2v) is 21.7. The van der Waals surface area contributed by atoms with E-state index in [9.17, 15) is 0 Å². The van der Waals surface area contributed by atoms with E-state index in [0.29, 0.717) is 52.1 Å². The van der Waals surface area contributed by atoms with Crippen molar-refractivity contribution in [3.63, 3.8) is 0 Å². The summed E-state index contributed by atoms with van der Waals surface area (Å²) < 4.78 is 41.6. The molecular weight excluding hydrogens is 921 g/mol. The third-order valence-corrected chi connectivity index (χ3v) is 16.0. The molecule has 0 amide bonds. The molecular formula is C64H70N4O6. The number of aromatic nitrogens is 4. The zero-order chi connectivity index (χ0) is 50.8. The lowest BCUT2D eigenvalue weighted by molar-refractivity contribution is -0.214. The molecule has 7 heterocycles. The van der Waals surface area contributed by atoms with Crippen molar-refractivity contribution in [2.45, 2.75) is 153 Å². The van der Waals surface area contributed by atoms with Crippen molar-refractivity contribution in [3.8, 4) is 0 Å². The van der Waals surface area contributed by atoms with Gasteiger partial charge in [-0.15, -0.1) is 0 Å². The Labute approximate surface area is 435 Å². The topological polar surface area (TPSA) is 113 Å². The normalized spacial score (nSPS) is 27.0. The van der Waals surface area contributed by atoms with E-state index in [1.165, 1.54) is 0 Å². The highest BCUT2D eigenvalue weighted by molar-refractivity contribution is 5.68. The van der Waals surface area contributed by atoms with Gasteiger partial charge < -0.3 is 38.4 Å². The van der Waals surface area contributed by atoms with E-state index in [1.54, 1.807) is 0 Å². The Kier molecular flexibility index (Phi) is 14.5. The van der Waals surface area contributed by atoms with Gasteiger partial charge in [0.1, 0.15) is 0 Å². The molecule has 10 nitrogen and oxygen atoms in total. The number of aromatic amines is 2. The summed E-state index contributed by atoms with van der Waals surface area (Å²) in [5.74, 6) is 0. The number of fused-ring (bicyclic) bond motifs is 8. The first kappa shape index (κ1) is 49.9. The number of ether oxygens (including phenoxy) is 6. The van der Waals surface area contributed by atoms with Gasteiger partial charge in [0.25, 0.3) is 0 Å².